The predicted octanol–water partition coefficient (Wildman–Crippen LogP) is 3.04. The second-order valence-electron chi connectivity index (χ2n) is 11.0. The molecule has 1 aromatic carbocycles. The van der Waals surface area contributed by atoms with Crippen LogP contribution < -0.4 is 10.6 Å². The highest BCUT2D eigenvalue weighted by molar-refractivity contribution is 8.02. The van der Waals surface area contributed by atoms with Gasteiger partial charge >= 0.3 is 0 Å². The molecule has 3 N–H and O–H groups in total. The highest BCUT2D eigenvalue weighted by atomic mass is 32.2. The largest absolute Gasteiger partial charge is 0.394 e. The molecule has 1 aromatic rings. The van der Waals surface area contributed by atoms with Crippen molar-refractivity contribution in [1.29, 1.82) is 0 Å². The first-order valence-corrected chi connectivity index (χ1v) is 13.2. The Hall–Kier alpha value is -2.06. The van der Waals surface area contributed by atoms with Crippen molar-refractivity contribution in [1.82, 2.24) is 10.2 Å². The van der Waals surface area contributed by atoms with Gasteiger partial charge in [-0.2, -0.15) is 0 Å². The van der Waals surface area contributed by atoms with Gasteiger partial charge in [-0.3, -0.25) is 14.4 Å². The van der Waals surface area contributed by atoms with Crippen LogP contribution in [0.15, 0.2) is 30.3 Å². The molecule has 2 unspecified atom stereocenters. The van der Waals surface area contributed by atoms with E-state index >= 15 is 0 Å². The molecule has 3 aliphatic rings. The van der Waals surface area contributed by atoms with E-state index in [1.807, 2.05) is 65.0 Å². The zero-order valence-electron chi connectivity index (χ0n) is 20.7. The molecule has 0 aliphatic carbocycles. The van der Waals surface area contributed by atoms with Crippen LogP contribution in [-0.4, -0.2) is 62.0 Å². The summed E-state index contributed by atoms with van der Waals surface area (Å²) in [5.74, 6) is -1.58. The Morgan fingerprint density at radius 3 is 2.50 bits per heavy atom. The van der Waals surface area contributed by atoms with Gasteiger partial charge in [-0.05, 0) is 51.7 Å². The molecular formula is C26H37N3O4S. The van der Waals surface area contributed by atoms with Gasteiger partial charge < -0.3 is 20.6 Å². The molecule has 4 rings (SSSR count). The van der Waals surface area contributed by atoms with E-state index in [4.69, 9.17) is 0 Å². The molecular weight excluding hydrogens is 450 g/mol. The van der Waals surface area contributed by atoms with E-state index in [1.165, 1.54) is 0 Å². The van der Waals surface area contributed by atoms with E-state index in [9.17, 15) is 19.5 Å². The molecule has 34 heavy (non-hydrogen) atoms. The molecule has 186 valence electrons. The highest BCUT2D eigenvalue weighted by Gasteiger charge is 2.74. The van der Waals surface area contributed by atoms with Gasteiger partial charge in [-0.25, -0.2) is 0 Å². The number of benzene rings is 1. The molecule has 3 saturated heterocycles. The lowest BCUT2D eigenvalue weighted by atomic mass is 9.70. The van der Waals surface area contributed by atoms with Crippen molar-refractivity contribution in [3.05, 3.63) is 30.3 Å². The fourth-order valence-electron chi connectivity index (χ4n) is 6.05. The van der Waals surface area contributed by atoms with Crippen molar-refractivity contribution in [3.8, 4) is 0 Å². The van der Waals surface area contributed by atoms with E-state index in [2.05, 4.69) is 10.6 Å². The van der Waals surface area contributed by atoms with Gasteiger partial charge in [0.1, 0.15) is 6.04 Å². The summed E-state index contributed by atoms with van der Waals surface area (Å²) < 4.78 is -0.656. The molecule has 0 aromatic heterocycles. The number of thioether (sulfide) groups is 1. The van der Waals surface area contributed by atoms with Crippen molar-refractivity contribution >= 4 is 35.2 Å². The normalized spacial score (nSPS) is 31.8. The maximum absolute atomic E-state index is 14.1. The molecule has 3 amide bonds. The number of nitrogens with one attached hydrogen (secondary N) is 2. The summed E-state index contributed by atoms with van der Waals surface area (Å²) in [6, 6.07) is 8.10. The van der Waals surface area contributed by atoms with Crippen LogP contribution in [0, 0.1) is 17.8 Å². The van der Waals surface area contributed by atoms with E-state index in [1.54, 1.807) is 16.7 Å². The first-order valence-electron chi connectivity index (χ1n) is 12.3. The van der Waals surface area contributed by atoms with Crippen molar-refractivity contribution in [2.45, 2.75) is 81.5 Å². The number of rotatable bonds is 7. The molecule has 0 saturated carbocycles. The number of fused-ring (bicyclic) bond motifs is 1. The van der Waals surface area contributed by atoms with Gasteiger partial charge in [0, 0.05) is 16.5 Å². The molecule has 1 spiro atoms. The molecule has 7 atom stereocenters. The number of aliphatic hydroxyl groups is 1. The van der Waals surface area contributed by atoms with Crippen LogP contribution >= 0.6 is 11.8 Å². The van der Waals surface area contributed by atoms with E-state index < -0.39 is 34.2 Å². The molecule has 2 bridgehead atoms. The second kappa shape index (κ2) is 9.19. The van der Waals surface area contributed by atoms with Crippen molar-refractivity contribution in [3.63, 3.8) is 0 Å². The van der Waals surface area contributed by atoms with Crippen LogP contribution in [0.4, 0.5) is 5.69 Å². The average Bonchev–Trinajstić information content (AvgIpc) is 3.41. The zero-order valence-corrected chi connectivity index (χ0v) is 21.5. The predicted molar refractivity (Wildman–Crippen MR) is 134 cm³/mol. The summed E-state index contributed by atoms with van der Waals surface area (Å²) in [6.07, 6.45) is 2.28. The van der Waals surface area contributed by atoms with Crippen LogP contribution in [0.1, 0.15) is 53.9 Å². The van der Waals surface area contributed by atoms with Crippen LogP contribution in [0.5, 0.6) is 0 Å². The van der Waals surface area contributed by atoms with Gasteiger partial charge in [0.05, 0.1) is 29.2 Å². The zero-order chi connectivity index (χ0) is 24.8. The number of nitrogens with zero attached hydrogens (tertiary/aromatic N) is 1. The number of carbonyl (C=O) groups excluding carboxylic acids is 3. The van der Waals surface area contributed by atoms with E-state index in [-0.39, 0.29) is 35.5 Å². The van der Waals surface area contributed by atoms with Gasteiger partial charge in [0.25, 0.3) is 0 Å². The minimum Gasteiger partial charge on any atom is -0.394 e. The lowest BCUT2D eigenvalue weighted by Crippen LogP contribution is -2.60. The monoisotopic (exact) mass is 487 g/mol. The SMILES string of the molecule is CC[C@H](C)[C@H](CO)N1C(=O)[C@@H]2[C@@H](C(=O)Nc3ccccc3)[C@H]3CCC2(S3)C1C(=O)NC(C)(C)C. The number of carbonyl (C=O) groups is 3. The Morgan fingerprint density at radius 1 is 1.24 bits per heavy atom. The topological polar surface area (TPSA) is 98.7 Å². The number of hydrogen-bond donors (Lipinski definition) is 3. The van der Waals surface area contributed by atoms with Crippen LogP contribution in [0.2, 0.25) is 0 Å². The first kappa shape index (κ1) is 25.0. The minimum atomic E-state index is -0.708. The number of aliphatic hydroxyl groups excluding tert-OH is 1. The van der Waals surface area contributed by atoms with Gasteiger partial charge in [0.15, 0.2) is 0 Å². The number of amides is 3. The molecule has 0 radical (unpaired) electrons. The third-order valence-electron chi connectivity index (χ3n) is 7.67. The molecule has 7 nitrogen and oxygen atoms in total. The molecule has 3 fully saturated rings. The van der Waals surface area contributed by atoms with Gasteiger partial charge in [-0.1, -0.05) is 38.5 Å². The smallest absolute Gasteiger partial charge is 0.244 e. The van der Waals surface area contributed by atoms with Crippen LogP contribution in [-0.2, 0) is 14.4 Å². The summed E-state index contributed by atoms with van der Waals surface area (Å²) in [7, 11) is 0. The Morgan fingerprint density at radius 2 is 1.91 bits per heavy atom. The number of para-hydroxylation sites is 1. The lowest BCUT2D eigenvalue weighted by molar-refractivity contribution is -0.143. The van der Waals surface area contributed by atoms with Gasteiger partial charge in [-0.15, -0.1) is 11.8 Å². The summed E-state index contributed by atoms with van der Waals surface area (Å²) in [5, 5.41) is 16.4. The highest BCUT2D eigenvalue weighted by Crippen LogP contribution is 2.66. The molecule has 3 aliphatic heterocycles. The van der Waals surface area contributed by atoms with Crippen LogP contribution in [0.25, 0.3) is 0 Å². The first-order chi connectivity index (χ1) is 16.0. The third kappa shape index (κ3) is 4.13. The number of likely N-dealkylation sites (tertiary alicyclic amines) is 1. The summed E-state index contributed by atoms with van der Waals surface area (Å²) in [4.78, 5) is 43.0. The quantitative estimate of drug-likeness (QED) is 0.549. The average molecular weight is 488 g/mol. The Labute approximate surface area is 206 Å². The lowest BCUT2D eigenvalue weighted by Gasteiger charge is -2.40. The standard InChI is InChI=1S/C26H37N3O4S/c1-6-15(2)17(14-30)29-21(23(32)28-25(3,4)5)26-13-12-18(34-26)19(20(26)24(29)33)22(31)27-16-10-8-7-9-11-16/h7-11,15,17-21,30H,6,12-14H2,1-5H3,(H,27,31)(H,28,32)/t15-,17-,18+,19-,20-,21?,26?/m0/s1. The second-order valence-corrected chi connectivity index (χ2v) is 12.6. The molecule has 3 heterocycles. The van der Waals surface area contributed by atoms with Crippen molar-refractivity contribution in [2.75, 3.05) is 11.9 Å². The summed E-state index contributed by atoms with van der Waals surface area (Å²) in [6.45, 7) is 9.59. The van der Waals surface area contributed by atoms with Gasteiger partial charge in [0.2, 0.25) is 17.7 Å². The van der Waals surface area contributed by atoms with Crippen LogP contribution in [0.3, 0.4) is 0 Å². The number of hydrogen-bond acceptors (Lipinski definition) is 5. The minimum absolute atomic E-state index is 0.000856. The fraction of sp³-hybridized carbons (Fsp3) is 0.654. The number of anilines is 1. The van der Waals surface area contributed by atoms with Crippen molar-refractivity contribution in [2.24, 2.45) is 17.8 Å². The van der Waals surface area contributed by atoms with Crippen molar-refractivity contribution < 1.29 is 19.5 Å². The van der Waals surface area contributed by atoms with E-state index in [0.717, 1.165) is 12.8 Å². The Kier molecular flexibility index (Phi) is 6.77. The fourth-order valence-corrected chi connectivity index (χ4v) is 8.25. The Bertz CT molecular complexity index is 949. The maximum Gasteiger partial charge on any atom is 0.244 e. The summed E-state index contributed by atoms with van der Waals surface area (Å²) in [5.41, 5.74) is 0.239. The summed E-state index contributed by atoms with van der Waals surface area (Å²) >= 11 is 1.65. The Balaban J connectivity index is 1.73. The maximum atomic E-state index is 14.1. The van der Waals surface area contributed by atoms with E-state index in [0.29, 0.717) is 12.1 Å². The molecule has 8 heteroatoms. The third-order valence-corrected chi connectivity index (χ3v) is 9.63.